The second kappa shape index (κ2) is 9.43. The summed E-state index contributed by atoms with van der Waals surface area (Å²) < 4.78 is 8.10. The highest BCUT2D eigenvalue weighted by Gasteiger charge is 2.07. The molecule has 2 aromatic carbocycles. The Morgan fingerprint density at radius 3 is 2.74 bits per heavy atom. The van der Waals surface area contributed by atoms with Crippen LogP contribution in [0.15, 0.2) is 72.2 Å². The summed E-state index contributed by atoms with van der Waals surface area (Å²) in [6.45, 7) is 4.27. The highest BCUT2D eigenvalue weighted by Crippen LogP contribution is 2.26. The van der Waals surface area contributed by atoms with Crippen molar-refractivity contribution in [3.05, 3.63) is 78.4 Å². The molecule has 2 N–H and O–H groups in total. The van der Waals surface area contributed by atoms with Gasteiger partial charge in [0.25, 0.3) is 0 Å². The third-order valence-electron chi connectivity index (χ3n) is 4.09. The number of aliphatic imine (C=N–C) groups is 1. The molecular formula is C21H25N5O. The maximum absolute atomic E-state index is 6.08. The lowest BCUT2D eigenvalue weighted by molar-refractivity contribution is 0.474. The molecule has 0 spiro atoms. The standard InChI is InChI=1S/C21H25N5O/c1-17-8-9-18(20(14-17)27-19-6-4-3-5-7-19)15-25-21(22-2)24-11-13-26-12-10-23-16-26/h3-10,12,14,16H,11,13,15H2,1-2H3,(H2,22,24,25). The molecule has 6 heteroatoms. The van der Waals surface area contributed by atoms with Crippen LogP contribution in [0.1, 0.15) is 11.1 Å². The van der Waals surface area contributed by atoms with E-state index >= 15 is 0 Å². The van der Waals surface area contributed by atoms with Crippen LogP contribution in [0.3, 0.4) is 0 Å². The zero-order valence-electron chi connectivity index (χ0n) is 15.7. The summed E-state index contributed by atoms with van der Waals surface area (Å²) in [6, 6.07) is 16.0. The Balaban J connectivity index is 1.59. The number of ether oxygens (including phenoxy) is 1. The van der Waals surface area contributed by atoms with Crippen LogP contribution in [0.25, 0.3) is 0 Å². The second-order valence-corrected chi connectivity index (χ2v) is 6.18. The van der Waals surface area contributed by atoms with Crippen molar-refractivity contribution in [3.8, 4) is 11.5 Å². The highest BCUT2D eigenvalue weighted by atomic mass is 16.5. The van der Waals surface area contributed by atoms with Gasteiger partial charge in [-0.3, -0.25) is 4.99 Å². The molecule has 27 heavy (non-hydrogen) atoms. The van der Waals surface area contributed by atoms with Crippen LogP contribution in [-0.4, -0.2) is 29.1 Å². The predicted octanol–water partition coefficient (Wildman–Crippen LogP) is 3.35. The highest BCUT2D eigenvalue weighted by molar-refractivity contribution is 5.79. The SMILES string of the molecule is CN=C(NCCn1ccnc1)NCc1ccc(C)cc1Oc1ccccc1. The molecule has 1 heterocycles. The predicted molar refractivity (Wildman–Crippen MR) is 108 cm³/mol. The molecule has 0 saturated carbocycles. The Bertz CT molecular complexity index is 860. The molecule has 0 atom stereocenters. The maximum Gasteiger partial charge on any atom is 0.191 e. The van der Waals surface area contributed by atoms with Crippen LogP contribution in [0.4, 0.5) is 0 Å². The van der Waals surface area contributed by atoms with Gasteiger partial charge in [-0.15, -0.1) is 0 Å². The summed E-state index contributed by atoms with van der Waals surface area (Å²) in [6.07, 6.45) is 5.52. The van der Waals surface area contributed by atoms with Gasteiger partial charge < -0.3 is 19.9 Å². The van der Waals surface area contributed by atoms with Gasteiger partial charge in [0.15, 0.2) is 5.96 Å². The van der Waals surface area contributed by atoms with Gasteiger partial charge in [-0.05, 0) is 30.7 Å². The van der Waals surface area contributed by atoms with Gasteiger partial charge in [-0.2, -0.15) is 0 Å². The van der Waals surface area contributed by atoms with E-state index in [-0.39, 0.29) is 0 Å². The van der Waals surface area contributed by atoms with E-state index in [1.807, 2.05) is 41.1 Å². The average molecular weight is 363 g/mol. The van der Waals surface area contributed by atoms with Crippen LogP contribution in [0.5, 0.6) is 11.5 Å². The number of guanidine groups is 1. The summed E-state index contributed by atoms with van der Waals surface area (Å²) in [4.78, 5) is 8.32. The third-order valence-corrected chi connectivity index (χ3v) is 4.09. The van der Waals surface area contributed by atoms with Crippen LogP contribution >= 0.6 is 0 Å². The first-order valence-electron chi connectivity index (χ1n) is 8.97. The number of aromatic nitrogens is 2. The first-order valence-corrected chi connectivity index (χ1v) is 8.97. The molecule has 0 bridgehead atoms. The Hall–Kier alpha value is -3.28. The molecule has 6 nitrogen and oxygen atoms in total. The fraction of sp³-hybridized carbons (Fsp3) is 0.238. The Labute approximate surface area is 159 Å². The molecule has 0 aliphatic carbocycles. The number of benzene rings is 2. The summed E-state index contributed by atoms with van der Waals surface area (Å²) >= 11 is 0. The molecular weight excluding hydrogens is 338 g/mol. The zero-order valence-corrected chi connectivity index (χ0v) is 15.7. The number of nitrogens with one attached hydrogen (secondary N) is 2. The number of hydrogen-bond acceptors (Lipinski definition) is 3. The minimum atomic E-state index is 0.618. The Morgan fingerprint density at radius 1 is 1.15 bits per heavy atom. The monoisotopic (exact) mass is 363 g/mol. The zero-order chi connectivity index (χ0) is 18.9. The molecule has 0 aliphatic rings. The van der Waals surface area contributed by atoms with Crippen molar-refractivity contribution in [2.45, 2.75) is 20.0 Å². The van der Waals surface area contributed by atoms with Crippen molar-refractivity contribution in [1.29, 1.82) is 0 Å². The largest absolute Gasteiger partial charge is 0.457 e. The molecule has 0 saturated heterocycles. The number of para-hydroxylation sites is 1. The minimum absolute atomic E-state index is 0.618. The van der Waals surface area contributed by atoms with Crippen molar-refractivity contribution in [2.24, 2.45) is 4.99 Å². The molecule has 0 radical (unpaired) electrons. The smallest absolute Gasteiger partial charge is 0.191 e. The lowest BCUT2D eigenvalue weighted by atomic mass is 10.1. The molecule has 0 fully saturated rings. The number of aryl methyl sites for hydroxylation is 1. The average Bonchev–Trinajstić information content (AvgIpc) is 3.20. The van der Waals surface area contributed by atoms with Gasteiger partial charge in [0.05, 0.1) is 6.33 Å². The summed E-state index contributed by atoms with van der Waals surface area (Å²) in [5, 5.41) is 6.65. The third kappa shape index (κ3) is 5.60. The normalized spacial score (nSPS) is 11.3. The van der Waals surface area contributed by atoms with Crippen LogP contribution in [-0.2, 0) is 13.1 Å². The Kier molecular flexibility index (Phi) is 6.46. The molecule has 3 aromatic rings. The summed E-state index contributed by atoms with van der Waals surface area (Å²) in [7, 11) is 1.77. The second-order valence-electron chi connectivity index (χ2n) is 6.18. The van der Waals surface area contributed by atoms with E-state index in [1.165, 1.54) is 0 Å². The van der Waals surface area contributed by atoms with Crippen LogP contribution < -0.4 is 15.4 Å². The fourth-order valence-corrected chi connectivity index (χ4v) is 2.64. The van der Waals surface area contributed by atoms with Gasteiger partial charge in [0.2, 0.25) is 0 Å². The molecule has 140 valence electrons. The van der Waals surface area contributed by atoms with E-state index in [4.69, 9.17) is 4.74 Å². The molecule has 0 amide bonds. The van der Waals surface area contributed by atoms with Crippen molar-refractivity contribution in [2.75, 3.05) is 13.6 Å². The van der Waals surface area contributed by atoms with Gasteiger partial charge in [-0.1, -0.05) is 30.3 Å². The van der Waals surface area contributed by atoms with Crippen molar-refractivity contribution < 1.29 is 4.74 Å². The van der Waals surface area contributed by atoms with Crippen LogP contribution in [0, 0.1) is 6.92 Å². The molecule has 3 rings (SSSR count). The Morgan fingerprint density at radius 2 is 2.00 bits per heavy atom. The number of imidazole rings is 1. The lowest BCUT2D eigenvalue weighted by Gasteiger charge is -2.15. The summed E-state index contributed by atoms with van der Waals surface area (Å²) in [5.41, 5.74) is 2.23. The molecule has 1 aromatic heterocycles. The minimum Gasteiger partial charge on any atom is -0.457 e. The van der Waals surface area contributed by atoms with Crippen molar-refractivity contribution in [1.82, 2.24) is 20.2 Å². The van der Waals surface area contributed by atoms with Gasteiger partial charge in [-0.25, -0.2) is 4.98 Å². The summed E-state index contributed by atoms with van der Waals surface area (Å²) in [5.74, 6) is 2.43. The molecule has 0 aliphatic heterocycles. The van der Waals surface area contributed by atoms with E-state index in [1.54, 1.807) is 19.6 Å². The van der Waals surface area contributed by atoms with Gasteiger partial charge in [0, 0.05) is 44.6 Å². The van der Waals surface area contributed by atoms with Crippen molar-refractivity contribution in [3.63, 3.8) is 0 Å². The van der Waals surface area contributed by atoms with E-state index in [9.17, 15) is 0 Å². The van der Waals surface area contributed by atoms with Gasteiger partial charge >= 0.3 is 0 Å². The fourth-order valence-electron chi connectivity index (χ4n) is 2.64. The van der Waals surface area contributed by atoms with E-state index in [0.717, 1.165) is 41.7 Å². The quantitative estimate of drug-likeness (QED) is 0.499. The topological polar surface area (TPSA) is 63.5 Å². The number of hydrogen-bond donors (Lipinski definition) is 2. The number of rotatable bonds is 7. The lowest BCUT2D eigenvalue weighted by Crippen LogP contribution is -2.38. The first-order chi connectivity index (χ1) is 13.2. The van der Waals surface area contributed by atoms with Crippen molar-refractivity contribution >= 4 is 5.96 Å². The van der Waals surface area contributed by atoms with E-state index < -0.39 is 0 Å². The van der Waals surface area contributed by atoms with Crippen LogP contribution in [0.2, 0.25) is 0 Å². The maximum atomic E-state index is 6.08. The van der Waals surface area contributed by atoms with Gasteiger partial charge in [0.1, 0.15) is 11.5 Å². The van der Waals surface area contributed by atoms with E-state index in [0.29, 0.717) is 6.54 Å². The first kappa shape index (κ1) is 18.5. The number of nitrogens with zero attached hydrogens (tertiary/aromatic N) is 3. The van der Waals surface area contributed by atoms with E-state index in [2.05, 4.69) is 45.7 Å². The molecule has 0 unspecified atom stereocenters.